The minimum atomic E-state index is -0.239. The number of thioether (sulfide) groups is 1. The van der Waals surface area contributed by atoms with E-state index in [2.05, 4.69) is 24.0 Å². The number of amides is 1. The fourth-order valence-electron chi connectivity index (χ4n) is 2.90. The second-order valence-electron chi connectivity index (χ2n) is 5.39. The first-order chi connectivity index (χ1) is 10.6. The summed E-state index contributed by atoms with van der Waals surface area (Å²) in [4.78, 5) is 28.9. The quantitative estimate of drug-likeness (QED) is 0.947. The van der Waals surface area contributed by atoms with Gasteiger partial charge >= 0.3 is 0 Å². The van der Waals surface area contributed by atoms with Crippen molar-refractivity contribution in [3.05, 3.63) is 57.4 Å². The minimum absolute atomic E-state index is 0.0693. The molecule has 0 bridgehead atoms. The number of aromatic amines is 1. The molecular weight excluding hydrogens is 296 g/mol. The lowest BCUT2D eigenvalue weighted by atomic mass is 10.0. The lowest BCUT2D eigenvalue weighted by Gasteiger charge is -2.19. The van der Waals surface area contributed by atoms with Crippen molar-refractivity contribution in [2.24, 2.45) is 0 Å². The van der Waals surface area contributed by atoms with Crippen molar-refractivity contribution < 1.29 is 4.79 Å². The van der Waals surface area contributed by atoms with E-state index in [-0.39, 0.29) is 16.8 Å². The first-order valence-electron chi connectivity index (χ1n) is 7.23. The van der Waals surface area contributed by atoms with Gasteiger partial charge < -0.3 is 9.88 Å². The van der Waals surface area contributed by atoms with Gasteiger partial charge in [0.2, 0.25) is 5.56 Å². The van der Waals surface area contributed by atoms with Crippen LogP contribution in [-0.4, -0.2) is 29.1 Å². The van der Waals surface area contributed by atoms with Crippen LogP contribution in [0.3, 0.4) is 0 Å². The van der Waals surface area contributed by atoms with Gasteiger partial charge in [0, 0.05) is 18.7 Å². The normalized spacial score (nSPS) is 17.0. The van der Waals surface area contributed by atoms with E-state index in [9.17, 15) is 9.59 Å². The number of hydrogen-bond acceptors (Lipinski definition) is 3. The van der Waals surface area contributed by atoms with Gasteiger partial charge in [0.1, 0.15) is 5.37 Å². The van der Waals surface area contributed by atoms with Crippen LogP contribution in [0, 0.1) is 0 Å². The van der Waals surface area contributed by atoms with Gasteiger partial charge in [0.05, 0.1) is 11.3 Å². The van der Waals surface area contributed by atoms with Gasteiger partial charge in [-0.1, -0.05) is 31.2 Å². The maximum Gasteiger partial charge on any atom is 0.255 e. The average molecular weight is 314 g/mol. The van der Waals surface area contributed by atoms with Crippen molar-refractivity contribution in [1.29, 1.82) is 0 Å². The van der Waals surface area contributed by atoms with Crippen LogP contribution in [0.5, 0.6) is 0 Å². The topological polar surface area (TPSA) is 53.2 Å². The predicted octanol–water partition coefficient (Wildman–Crippen LogP) is 3.05. The molecule has 0 unspecified atom stereocenters. The zero-order valence-electron chi connectivity index (χ0n) is 12.8. The van der Waals surface area contributed by atoms with E-state index in [1.165, 1.54) is 11.6 Å². The monoisotopic (exact) mass is 314 g/mol. The Labute approximate surface area is 133 Å². The summed E-state index contributed by atoms with van der Waals surface area (Å²) in [6.45, 7) is 2.11. The number of nitrogens with one attached hydrogen (secondary N) is 1. The highest BCUT2D eigenvalue weighted by molar-refractivity contribution is 7.98. The number of H-pyrrole nitrogens is 1. The van der Waals surface area contributed by atoms with E-state index in [1.807, 2.05) is 18.4 Å². The summed E-state index contributed by atoms with van der Waals surface area (Å²) < 4.78 is 0. The van der Waals surface area contributed by atoms with E-state index in [0.717, 1.165) is 23.2 Å². The molecule has 1 amide bonds. The van der Waals surface area contributed by atoms with Crippen molar-refractivity contribution in [2.75, 3.05) is 13.3 Å². The zero-order chi connectivity index (χ0) is 15.9. The van der Waals surface area contributed by atoms with Gasteiger partial charge in [-0.2, -0.15) is 0 Å². The molecule has 1 aromatic carbocycles. The largest absolute Gasteiger partial charge is 0.325 e. The van der Waals surface area contributed by atoms with Crippen LogP contribution in [0.15, 0.2) is 35.1 Å². The molecule has 0 fully saturated rings. The second-order valence-corrected chi connectivity index (χ2v) is 6.31. The van der Waals surface area contributed by atoms with Gasteiger partial charge in [0.15, 0.2) is 0 Å². The maximum absolute atomic E-state index is 12.4. The smallest absolute Gasteiger partial charge is 0.255 e. The number of nitrogens with zero attached hydrogens (tertiary/aromatic N) is 1. The Balaban J connectivity index is 2.23. The number of rotatable bonds is 3. The summed E-state index contributed by atoms with van der Waals surface area (Å²) in [6, 6.07) is 9.53. The Kier molecular flexibility index (Phi) is 3.83. The number of pyridine rings is 1. The molecule has 3 rings (SSSR count). The summed E-state index contributed by atoms with van der Waals surface area (Å²) in [5.41, 5.74) is 4.12. The molecule has 0 radical (unpaired) electrons. The van der Waals surface area contributed by atoms with E-state index in [0.29, 0.717) is 5.56 Å². The number of carbonyl (C=O) groups excluding carboxylic acids is 1. The highest BCUT2D eigenvalue weighted by Gasteiger charge is 2.36. The molecule has 0 saturated heterocycles. The third-order valence-corrected chi connectivity index (χ3v) is 5.11. The number of hydrogen-bond donors (Lipinski definition) is 1. The van der Waals surface area contributed by atoms with Gasteiger partial charge in [-0.3, -0.25) is 9.59 Å². The molecule has 1 aliphatic heterocycles. The molecule has 1 aliphatic rings. The average Bonchev–Trinajstić information content (AvgIpc) is 2.78. The van der Waals surface area contributed by atoms with Crippen LogP contribution in [0.4, 0.5) is 0 Å². The van der Waals surface area contributed by atoms with E-state index < -0.39 is 0 Å². The highest BCUT2D eigenvalue weighted by atomic mass is 32.2. The molecule has 4 nitrogen and oxygen atoms in total. The summed E-state index contributed by atoms with van der Waals surface area (Å²) in [5.74, 6) is -0.0909. The van der Waals surface area contributed by atoms with Gasteiger partial charge in [-0.05, 0) is 23.8 Å². The van der Waals surface area contributed by atoms with Crippen LogP contribution in [0.25, 0.3) is 11.3 Å². The molecule has 2 heterocycles. The van der Waals surface area contributed by atoms with E-state index in [4.69, 9.17) is 0 Å². The van der Waals surface area contributed by atoms with Crippen molar-refractivity contribution in [3.8, 4) is 11.3 Å². The van der Waals surface area contributed by atoms with Crippen LogP contribution >= 0.6 is 11.8 Å². The van der Waals surface area contributed by atoms with E-state index in [1.54, 1.807) is 23.7 Å². The Morgan fingerprint density at radius 1 is 1.23 bits per heavy atom. The summed E-state index contributed by atoms with van der Waals surface area (Å²) >= 11 is 1.59. The van der Waals surface area contributed by atoms with Gasteiger partial charge in [-0.25, -0.2) is 0 Å². The molecule has 22 heavy (non-hydrogen) atoms. The number of aromatic nitrogens is 1. The Morgan fingerprint density at radius 2 is 1.91 bits per heavy atom. The molecule has 0 spiro atoms. The van der Waals surface area contributed by atoms with Crippen LogP contribution in [0.1, 0.15) is 33.8 Å². The number of aryl methyl sites for hydroxylation is 1. The van der Waals surface area contributed by atoms with Crippen molar-refractivity contribution >= 4 is 17.7 Å². The lowest BCUT2D eigenvalue weighted by molar-refractivity contribution is 0.0813. The minimum Gasteiger partial charge on any atom is -0.325 e. The number of carbonyl (C=O) groups is 1. The van der Waals surface area contributed by atoms with Gasteiger partial charge in [-0.15, -0.1) is 11.8 Å². The Bertz CT molecular complexity index is 780. The molecule has 2 aromatic rings. The standard InChI is InChI=1S/C17H18N2O2S/c1-4-10-5-7-11(8-6-10)15-14-12(9-13(20)18-15)16(21)19(2)17(14)22-3/h5-9,17H,4H2,1-3H3,(H,18,20)/t17-/m1/s1. The van der Waals surface area contributed by atoms with Crippen molar-refractivity contribution in [3.63, 3.8) is 0 Å². The van der Waals surface area contributed by atoms with Crippen molar-refractivity contribution in [1.82, 2.24) is 9.88 Å². The third-order valence-electron chi connectivity index (χ3n) is 4.11. The third kappa shape index (κ3) is 2.25. The highest BCUT2D eigenvalue weighted by Crippen LogP contribution is 2.42. The van der Waals surface area contributed by atoms with Gasteiger partial charge in [0.25, 0.3) is 5.91 Å². The molecular formula is C17H18N2O2S. The molecule has 1 atom stereocenters. The fourth-order valence-corrected chi connectivity index (χ4v) is 3.80. The van der Waals surface area contributed by atoms with Crippen LogP contribution in [0.2, 0.25) is 0 Å². The second kappa shape index (κ2) is 5.65. The number of fused-ring (bicyclic) bond motifs is 1. The molecule has 114 valence electrons. The molecule has 0 aliphatic carbocycles. The lowest BCUT2D eigenvalue weighted by Crippen LogP contribution is -2.21. The van der Waals surface area contributed by atoms with Crippen LogP contribution in [-0.2, 0) is 6.42 Å². The summed E-state index contributed by atoms with van der Waals surface area (Å²) in [5, 5.41) is -0.0693. The Morgan fingerprint density at radius 3 is 2.50 bits per heavy atom. The van der Waals surface area contributed by atoms with Crippen LogP contribution < -0.4 is 5.56 Å². The molecule has 1 aromatic heterocycles. The van der Waals surface area contributed by atoms with Crippen molar-refractivity contribution in [2.45, 2.75) is 18.7 Å². The summed E-state index contributed by atoms with van der Waals surface area (Å²) in [7, 11) is 1.78. The Hall–Kier alpha value is -2.01. The fraction of sp³-hybridized carbons (Fsp3) is 0.294. The maximum atomic E-state index is 12.4. The first kappa shape index (κ1) is 14.9. The zero-order valence-corrected chi connectivity index (χ0v) is 13.7. The first-order valence-corrected chi connectivity index (χ1v) is 8.52. The number of benzene rings is 1. The SMILES string of the molecule is CCc1ccc(-c2[nH]c(=O)cc3c2[C@@H](SC)N(C)C3=O)cc1. The molecule has 5 heteroatoms. The van der Waals surface area contributed by atoms with E-state index >= 15 is 0 Å². The summed E-state index contributed by atoms with van der Waals surface area (Å²) in [6.07, 6.45) is 2.94. The molecule has 0 saturated carbocycles. The predicted molar refractivity (Wildman–Crippen MR) is 90.2 cm³/mol. The molecule has 1 N–H and O–H groups in total.